The number of primary sulfonamides is 1. The minimum Gasteiger partial charge on any atom is -0.495 e. The molecule has 1 aliphatic rings. The van der Waals surface area contributed by atoms with Gasteiger partial charge in [-0.15, -0.1) is 0 Å². The third-order valence-corrected chi connectivity index (χ3v) is 5.43. The topological polar surface area (TPSA) is 119 Å². The van der Waals surface area contributed by atoms with Gasteiger partial charge in [0.05, 0.1) is 22.6 Å². The Kier molecular flexibility index (Phi) is 5.19. The van der Waals surface area contributed by atoms with Crippen LogP contribution >= 0.6 is 0 Å². The zero-order valence-corrected chi connectivity index (χ0v) is 15.6. The standard InChI is InChI=1S/C17H20N4O5S/c1-26-17-5-3-2-4-15(17)20-10-8-19(9-11-20)14-7-6-13(27(18,24)25)12-16(14)21(22)23/h2-7,12H,8-11H2,1H3,(H2,18,24,25). The maximum atomic E-state index is 11.5. The molecule has 0 aromatic heterocycles. The average molecular weight is 392 g/mol. The molecule has 1 saturated heterocycles. The molecule has 10 heteroatoms. The molecule has 9 nitrogen and oxygen atoms in total. The van der Waals surface area contributed by atoms with Gasteiger partial charge < -0.3 is 14.5 Å². The minimum atomic E-state index is -4.00. The van der Waals surface area contributed by atoms with Crippen LogP contribution in [0.3, 0.4) is 0 Å². The fourth-order valence-corrected chi connectivity index (χ4v) is 3.71. The van der Waals surface area contributed by atoms with Gasteiger partial charge in [-0.25, -0.2) is 13.6 Å². The smallest absolute Gasteiger partial charge is 0.293 e. The van der Waals surface area contributed by atoms with Gasteiger partial charge in [0.1, 0.15) is 11.4 Å². The molecule has 2 aromatic carbocycles. The lowest BCUT2D eigenvalue weighted by Gasteiger charge is -2.37. The minimum absolute atomic E-state index is 0.271. The number of rotatable bonds is 5. The van der Waals surface area contributed by atoms with Gasteiger partial charge in [0.25, 0.3) is 5.69 Å². The fourth-order valence-electron chi connectivity index (χ4n) is 3.17. The van der Waals surface area contributed by atoms with Crippen LogP contribution in [0.5, 0.6) is 5.75 Å². The SMILES string of the molecule is COc1ccccc1N1CCN(c2ccc(S(N)(=O)=O)cc2[N+](=O)[O-])CC1. The first-order chi connectivity index (χ1) is 12.8. The zero-order valence-electron chi connectivity index (χ0n) is 14.7. The van der Waals surface area contributed by atoms with Gasteiger partial charge in [-0.1, -0.05) is 12.1 Å². The van der Waals surface area contributed by atoms with Gasteiger partial charge in [0, 0.05) is 32.2 Å². The molecule has 3 rings (SSSR count). The molecule has 0 radical (unpaired) electrons. The van der Waals surface area contributed by atoms with Crippen molar-refractivity contribution in [3.63, 3.8) is 0 Å². The van der Waals surface area contributed by atoms with E-state index in [0.29, 0.717) is 31.9 Å². The number of nitro benzene ring substituents is 1. The number of hydrogen-bond donors (Lipinski definition) is 1. The quantitative estimate of drug-likeness (QED) is 0.606. The van der Waals surface area contributed by atoms with Crippen LogP contribution in [0.25, 0.3) is 0 Å². The third-order valence-electron chi connectivity index (χ3n) is 4.52. The van der Waals surface area contributed by atoms with E-state index in [0.717, 1.165) is 17.5 Å². The lowest BCUT2D eigenvalue weighted by atomic mass is 10.2. The summed E-state index contributed by atoms with van der Waals surface area (Å²) in [5, 5.41) is 16.5. The van der Waals surface area contributed by atoms with Crippen molar-refractivity contribution in [3.8, 4) is 5.75 Å². The number of methoxy groups -OCH3 is 1. The largest absolute Gasteiger partial charge is 0.495 e. The van der Waals surface area contributed by atoms with Crippen molar-refractivity contribution in [2.24, 2.45) is 5.14 Å². The predicted octanol–water partition coefficient (Wildman–Crippen LogP) is 1.58. The van der Waals surface area contributed by atoms with Gasteiger partial charge in [-0.3, -0.25) is 10.1 Å². The molecule has 1 aliphatic heterocycles. The van der Waals surface area contributed by atoms with Crippen LogP contribution in [0.4, 0.5) is 17.1 Å². The van der Waals surface area contributed by atoms with Crippen molar-refractivity contribution in [1.29, 1.82) is 0 Å². The number of hydrogen-bond acceptors (Lipinski definition) is 7. The summed E-state index contributed by atoms with van der Waals surface area (Å²) in [5.41, 5.74) is 1.08. The van der Waals surface area contributed by atoms with E-state index in [9.17, 15) is 18.5 Å². The van der Waals surface area contributed by atoms with Gasteiger partial charge >= 0.3 is 0 Å². The number of nitro groups is 1. The van der Waals surface area contributed by atoms with Crippen LogP contribution in [0.15, 0.2) is 47.4 Å². The summed E-state index contributed by atoms with van der Waals surface area (Å²) in [6.07, 6.45) is 0. The first kappa shape index (κ1) is 18.9. The molecule has 0 aliphatic carbocycles. The maximum Gasteiger partial charge on any atom is 0.293 e. The van der Waals surface area contributed by atoms with E-state index < -0.39 is 14.9 Å². The second-order valence-corrected chi connectivity index (χ2v) is 7.66. The Hall–Kier alpha value is -2.85. The molecule has 0 unspecified atom stereocenters. The number of para-hydroxylation sites is 2. The molecule has 27 heavy (non-hydrogen) atoms. The third kappa shape index (κ3) is 3.96. The normalized spacial score (nSPS) is 14.9. The highest BCUT2D eigenvalue weighted by molar-refractivity contribution is 7.89. The van der Waals surface area contributed by atoms with Crippen molar-refractivity contribution in [3.05, 3.63) is 52.6 Å². The monoisotopic (exact) mass is 392 g/mol. The summed E-state index contributed by atoms with van der Waals surface area (Å²) in [7, 11) is -2.39. The van der Waals surface area contributed by atoms with Crippen LogP contribution < -0.4 is 19.7 Å². The number of ether oxygens (including phenoxy) is 1. The van der Waals surface area contributed by atoms with Crippen LogP contribution in [0.2, 0.25) is 0 Å². The van der Waals surface area contributed by atoms with E-state index in [1.165, 1.54) is 12.1 Å². The number of sulfonamides is 1. The summed E-state index contributed by atoms with van der Waals surface area (Å²) in [6, 6.07) is 11.4. The number of anilines is 2. The van der Waals surface area contributed by atoms with Crippen molar-refractivity contribution in [1.82, 2.24) is 0 Å². The first-order valence-corrected chi connectivity index (χ1v) is 9.80. The highest BCUT2D eigenvalue weighted by Gasteiger charge is 2.26. The summed E-state index contributed by atoms with van der Waals surface area (Å²) in [6.45, 7) is 2.39. The highest BCUT2D eigenvalue weighted by Crippen LogP contribution is 2.33. The molecule has 2 aromatic rings. The Labute approximate surface area is 157 Å². The maximum absolute atomic E-state index is 11.5. The Bertz CT molecular complexity index is 956. The van der Waals surface area contributed by atoms with E-state index in [1.807, 2.05) is 29.2 Å². The fraction of sp³-hybridized carbons (Fsp3) is 0.294. The molecular weight excluding hydrogens is 372 g/mol. The van der Waals surface area contributed by atoms with E-state index in [4.69, 9.17) is 9.88 Å². The van der Waals surface area contributed by atoms with E-state index in [1.54, 1.807) is 7.11 Å². The molecule has 0 amide bonds. The molecule has 0 spiro atoms. The van der Waals surface area contributed by atoms with Crippen LogP contribution in [-0.2, 0) is 10.0 Å². The van der Waals surface area contributed by atoms with Gasteiger partial charge in [0.15, 0.2) is 0 Å². The summed E-state index contributed by atoms with van der Waals surface area (Å²) < 4.78 is 28.3. The summed E-state index contributed by atoms with van der Waals surface area (Å²) in [4.78, 5) is 14.6. The van der Waals surface area contributed by atoms with Crippen LogP contribution in [-0.4, -0.2) is 46.6 Å². The van der Waals surface area contributed by atoms with E-state index in [2.05, 4.69) is 4.90 Å². The second-order valence-electron chi connectivity index (χ2n) is 6.10. The molecule has 2 N–H and O–H groups in total. The van der Waals surface area contributed by atoms with Crippen LogP contribution in [0.1, 0.15) is 0 Å². The number of nitrogens with two attached hydrogens (primary N) is 1. The average Bonchev–Trinajstić information content (AvgIpc) is 2.67. The van der Waals surface area contributed by atoms with Crippen molar-refractivity contribution in [2.75, 3.05) is 43.1 Å². The molecule has 0 atom stereocenters. The zero-order chi connectivity index (χ0) is 19.6. The first-order valence-electron chi connectivity index (χ1n) is 8.25. The summed E-state index contributed by atoms with van der Waals surface area (Å²) >= 11 is 0. The van der Waals surface area contributed by atoms with Gasteiger partial charge in [0.2, 0.25) is 10.0 Å². The molecule has 1 heterocycles. The number of nitrogens with zero attached hydrogens (tertiary/aromatic N) is 3. The second kappa shape index (κ2) is 7.41. The summed E-state index contributed by atoms with van der Waals surface area (Å²) in [5.74, 6) is 0.773. The number of piperazine rings is 1. The van der Waals surface area contributed by atoms with Crippen molar-refractivity contribution >= 4 is 27.1 Å². The van der Waals surface area contributed by atoms with E-state index >= 15 is 0 Å². The predicted molar refractivity (Wildman–Crippen MR) is 102 cm³/mol. The molecule has 0 saturated carbocycles. The lowest BCUT2D eigenvalue weighted by molar-refractivity contribution is -0.384. The van der Waals surface area contributed by atoms with Crippen molar-refractivity contribution in [2.45, 2.75) is 4.90 Å². The lowest BCUT2D eigenvalue weighted by Crippen LogP contribution is -2.46. The van der Waals surface area contributed by atoms with Crippen molar-refractivity contribution < 1.29 is 18.1 Å². The molecule has 144 valence electrons. The Morgan fingerprint density at radius 2 is 1.63 bits per heavy atom. The van der Waals surface area contributed by atoms with Crippen LogP contribution in [0, 0.1) is 10.1 Å². The van der Waals surface area contributed by atoms with Gasteiger partial charge in [-0.05, 0) is 24.3 Å². The number of benzene rings is 2. The molecular formula is C17H20N4O5S. The van der Waals surface area contributed by atoms with Gasteiger partial charge in [-0.2, -0.15) is 0 Å². The Morgan fingerprint density at radius 3 is 2.19 bits per heavy atom. The highest BCUT2D eigenvalue weighted by atomic mass is 32.2. The molecule has 1 fully saturated rings. The van der Waals surface area contributed by atoms with E-state index in [-0.39, 0.29) is 10.6 Å². The Balaban J connectivity index is 1.83. The Morgan fingerprint density at radius 1 is 1.04 bits per heavy atom. The molecule has 0 bridgehead atoms.